The van der Waals surface area contributed by atoms with Crippen LogP contribution in [0.5, 0.6) is 0 Å². The van der Waals surface area contributed by atoms with E-state index >= 15 is 0 Å². The minimum Gasteiger partial charge on any atom is -0.478 e. The van der Waals surface area contributed by atoms with Crippen LogP contribution in [-0.4, -0.2) is 22.5 Å². The highest BCUT2D eigenvalue weighted by molar-refractivity contribution is 6.31. The molecule has 2 rings (SSSR count). The van der Waals surface area contributed by atoms with E-state index in [-0.39, 0.29) is 17.2 Å². The lowest BCUT2D eigenvalue weighted by Crippen LogP contribution is -2.53. The molecule has 1 aromatic carbocycles. The second kappa shape index (κ2) is 6.03. The molecule has 21 heavy (non-hydrogen) atoms. The Morgan fingerprint density at radius 3 is 2.81 bits per heavy atom. The van der Waals surface area contributed by atoms with E-state index in [1.165, 1.54) is 18.2 Å². The first-order valence-electron chi connectivity index (χ1n) is 6.95. The van der Waals surface area contributed by atoms with Gasteiger partial charge in [-0.15, -0.1) is 0 Å². The number of nitrogens with one attached hydrogen (secondary N) is 1. The van der Waals surface area contributed by atoms with Gasteiger partial charge in [-0.1, -0.05) is 31.4 Å². The van der Waals surface area contributed by atoms with E-state index in [0.717, 1.165) is 12.8 Å². The molecule has 1 saturated carbocycles. The second-order valence-corrected chi connectivity index (χ2v) is 6.24. The number of anilines is 1. The van der Waals surface area contributed by atoms with Crippen molar-refractivity contribution in [3.8, 4) is 0 Å². The zero-order valence-corrected chi connectivity index (χ0v) is 12.6. The van der Waals surface area contributed by atoms with Crippen LogP contribution in [-0.2, 0) is 4.79 Å². The molecule has 1 amide bonds. The van der Waals surface area contributed by atoms with E-state index in [9.17, 15) is 9.59 Å². The Morgan fingerprint density at radius 1 is 1.48 bits per heavy atom. The first-order valence-corrected chi connectivity index (χ1v) is 7.33. The molecule has 1 fully saturated rings. The van der Waals surface area contributed by atoms with Crippen LogP contribution in [0.15, 0.2) is 18.2 Å². The van der Waals surface area contributed by atoms with E-state index in [0.29, 0.717) is 23.8 Å². The Hall–Kier alpha value is -1.59. The summed E-state index contributed by atoms with van der Waals surface area (Å²) in [7, 11) is 0. The first kappa shape index (κ1) is 15.8. The number of hydrogen-bond donors (Lipinski definition) is 3. The number of carboxylic acids is 1. The zero-order chi connectivity index (χ0) is 15.6. The van der Waals surface area contributed by atoms with Gasteiger partial charge in [-0.3, -0.25) is 4.79 Å². The Labute approximate surface area is 128 Å². The van der Waals surface area contributed by atoms with Gasteiger partial charge in [0.15, 0.2) is 0 Å². The van der Waals surface area contributed by atoms with Crippen LogP contribution >= 0.6 is 11.6 Å². The standard InChI is InChI=1S/C15H19ClN2O3/c1-9-3-2-6-15(17,8-9)14(21)18-12-7-10(16)4-5-11(12)13(19)20/h4-5,7,9H,2-3,6,8,17H2,1H3,(H,18,21)(H,19,20). The third-order valence-corrected chi connectivity index (χ3v) is 4.18. The lowest BCUT2D eigenvalue weighted by molar-refractivity contribution is -0.122. The second-order valence-electron chi connectivity index (χ2n) is 5.81. The number of carboxylic acid groups (broad SMARTS) is 1. The number of hydrogen-bond acceptors (Lipinski definition) is 3. The molecule has 0 aliphatic heterocycles. The molecular weight excluding hydrogens is 292 g/mol. The summed E-state index contributed by atoms with van der Waals surface area (Å²) in [4.78, 5) is 23.6. The van der Waals surface area contributed by atoms with E-state index in [4.69, 9.17) is 22.4 Å². The monoisotopic (exact) mass is 310 g/mol. The molecule has 0 bridgehead atoms. The molecule has 2 atom stereocenters. The van der Waals surface area contributed by atoms with Gasteiger partial charge in [0.1, 0.15) is 0 Å². The number of halogens is 1. The van der Waals surface area contributed by atoms with Crippen LogP contribution in [0.3, 0.4) is 0 Å². The molecule has 1 aromatic rings. The molecule has 0 saturated heterocycles. The smallest absolute Gasteiger partial charge is 0.337 e. The predicted molar refractivity (Wildman–Crippen MR) is 81.6 cm³/mol. The van der Waals surface area contributed by atoms with Crippen LogP contribution < -0.4 is 11.1 Å². The van der Waals surface area contributed by atoms with Gasteiger partial charge in [0.25, 0.3) is 0 Å². The van der Waals surface area contributed by atoms with E-state index in [1.54, 1.807) is 0 Å². The van der Waals surface area contributed by atoms with Crippen molar-refractivity contribution in [2.45, 2.75) is 38.1 Å². The van der Waals surface area contributed by atoms with Crippen LogP contribution in [0.1, 0.15) is 43.0 Å². The van der Waals surface area contributed by atoms with Crippen molar-refractivity contribution in [3.05, 3.63) is 28.8 Å². The Balaban J connectivity index is 2.23. The van der Waals surface area contributed by atoms with Crippen molar-refractivity contribution in [3.63, 3.8) is 0 Å². The van der Waals surface area contributed by atoms with Crippen LogP contribution in [0.25, 0.3) is 0 Å². The topological polar surface area (TPSA) is 92.4 Å². The van der Waals surface area contributed by atoms with Gasteiger partial charge < -0.3 is 16.2 Å². The third-order valence-electron chi connectivity index (χ3n) is 3.94. The number of carbonyl (C=O) groups excluding carboxylic acids is 1. The van der Waals surface area contributed by atoms with E-state index < -0.39 is 11.5 Å². The molecule has 4 N–H and O–H groups in total. The molecule has 6 heteroatoms. The van der Waals surface area contributed by atoms with Crippen molar-refractivity contribution in [1.29, 1.82) is 0 Å². The van der Waals surface area contributed by atoms with Gasteiger partial charge in [-0.25, -0.2) is 4.79 Å². The highest BCUT2D eigenvalue weighted by atomic mass is 35.5. The maximum Gasteiger partial charge on any atom is 0.337 e. The molecule has 5 nitrogen and oxygen atoms in total. The fourth-order valence-corrected chi connectivity index (χ4v) is 3.02. The Kier molecular flexibility index (Phi) is 4.54. The van der Waals surface area contributed by atoms with Crippen molar-refractivity contribution in [2.75, 3.05) is 5.32 Å². The molecule has 1 aliphatic rings. The van der Waals surface area contributed by atoms with Gasteiger partial charge >= 0.3 is 5.97 Å². The van der Waals surface area contributed by atoms with Crippen molar-refractivity contribution in [1.82, 2.24) is 0 Å². The van der Waals surface area contributed by atoms with E-state index in [2.05, 4.69) is 12.2 Å². The van der Waals surface area contributed by atoms with Crippen LogP contribution in [0.4, 0.5) is 5.69 Å². The first-order chi connectivity index (χ1) is 9.82. The summed E-state index contributed by atoms with van der Waals surface area (Å²) in [6.07, 6.45) is 3.16. The molecule has 0 radical (unpaired) electrons. The average molecular weight is 311 g/mol. The summed E-state index contributed by atoms with van der Waals surface area (Å²) in [5.74, 6) is -1.09. The molecule has 1 aliphatic carbocycles. The largest absolute Gasteiger partial charge is 0.478 e. The maximum absolute atomic E-state index is 12.4. The summed E-state index contributed by atoms with van der Waals surface area (Å²) < 4.78 is 0. The normalized spacial score (nSPS) is 25.4. The average Bonchev–Trinajstić information content (AvgIpc) is 2.38. The summed E-state index contributed by atoms with van der Waals surface area (Å²) in [5, 5.41) is 12.2. The third kappa shape index (κ3) is 3.54. The zero-order valence-electron chi connectivity index (χ0n) is 11.9. The Bertz CT molecular complexity index is 576. The molecule has 0 spiro atoms. The summed E-state index contributed by atoms with van der Waals surface area (Å²) in [6.45, 7) is 2.07. The quantitative estimate of drug-likeness (QED) is 0.800. The highest BCUT2D eigenvalue weighted by Crippen LogP contribution is 2.32. The summed E-state index contributed by atoms with van der Waals surface area (Å²) >= 11 is 5.87. The van der Waals surface area contributed by atoms with Gasteiger partial charge in [0.05, 0.1) is 16.8 Å². The summed E-state index contributed by atoms with van der Waals surface area (Å²) in [6, 6.07) is 4.27. The molecule has 0 aromatic heterocycles. The molecule has 114 valence electrons. The molecular formula is C15H19ClN2O3. The van der Waals surface area contributed by atoms with Crippen molar-refractivity contribution >= 4 is 29.2 Å². The van der Waals surface area contributed by atoms with Crippen LogP contribution in [0.2, 0.25) is 5.02 Å². The molecule has 0 heterocycles. The SMILES string of the molecule is CC1CCCC(N)(C(=O)Nc2cc(Cl)ccc2C(=O)O)C1. The Morgan fingerprint density at radius 2 is 2.19 bits per heavy atom. The number of amides is 1. The minimum absolute atomic E-state index is 0.000193. The summed E-state index contributed by atoms with van der Waals surface area (Å²) in [5.41, 5.74) is 5.45. The minimum atomic E-state index is -1.12. The number of aromatic carboxylic acids is 1. The highest BCUT2D eigenvalue weighted by Gasteiger charge is 2.38. The number of benzene rings is 1. The lowest BCUT2D eigenvalue weighted by Gasteiger charge is -2.35. The maximum atomic E-state index is 12.4. The van der Waals surface area contributed by atoms with Crippen molar-refractivity contribution < 1.29 is 14.7 Å². The molecule has 2 unspecified atom stereocenters. The number of nitrogens with two attached hydrogens (primary N) is 1. The fourth-order valence-electron chi connectivity index (χ4n) is 2.85. The van der Waals surface area contributed by atoms with Crippen molar-refractivity contribution in [2.24, 2.45) is 11.7 Å². The lowest BCUT2D eigenvalue weighted by atomic mass is 9.76. The number of rotatable bonds is 3. The van der Waals surface area contributed by atoms with Gasteiger partial charge in [-0.2, -0.15) is 0 Å². The van der Waals surface area contributed by atoms with E-state index in [1.807, 2.05) is 0 Å². The predicted octanol–water partition coefficient (Wildman–Crippen LogP) is 2.88. The van der Waals surface area contributed by atoms with Gasteiger partial charge in [0.2, 0.25) is 5.91 Å². The van der Waals surface area contributed by atoms with Crippen LogP contribution in [0, 0.1) is 5.92 Å². The van der Waals surface area contributed by atoms with Gasteiger partial charge in [-0.05, 0) is 37.0 Å². The number of carbonyl (C=O) groups is 2. The fraction of sp³-hybridized carbons (Fsp3) is 0.467. The van der Waals surface area contributed by atoms with Gasteiger partial charge in [0, 0.05) is 5.02 Å².